The van der Waals surface area contributed by atoms with Crippen LogP contribution in [0.15, 0.2) is 79.0 Å². The first-order chi connectivity index (χ1) is 18.2. The smallest absolute Gasteiger partial charge is 0.251 e. The van der Waals surface area contributed by atoms with Gasteiger partial charge in [0.15, 0.2) is 11.6 Å². The van der Waals surface area contributed by atoms with Gasteiger partial charge in [-0.05, 0) is 55.3 Å². The van der Waals surface area contributed by atoms with Gasteiger partial charge in [0, 0.05) is 27.9 Å². The summed E-state index contributed by atoms with van der Waals surface area (Å²) in [5, 5.41) is 13.5. The van der Waals surface area contributed by atoms with Crippen LogP contribution in [-0.2, 0) is 0 Å². The lowest BCUT2D eigenvalue weighted by molar-refractivity contribution is 0.0852. The monoisotopic (exact) mass is 553 g/mol. The van der Waals surface area contributed by atoms with E-state index in [0.29, 0.717) is 16.7 Å². The minimum atomic E-state index is -0.835. The molecule has 196 valence electrons. The third kappa shape index (κ3) is 6.07. The van der Waals surface area contributed by atoms with Crippen molar-refractivity contribution in [2.24, 2.45) is 0 Å². The summed E-state index contributed by atoms with van der Waals surface area (Å²) in [5.74, 6) is -0.492. The summed E-state index contributed by atoms with van der Waals surface area (Å²) in [6.45, 7) is 3.43. The van der Waals surface area contributed by atoms with E-state index in [4.69, 9.17) is 33.7 Å². The maximum absolute atomic E-state index is 14.0. The van der Waals surface area contributed by atoms with Gasteiger partial charge in [-0.3, -0.25) is 4.79 Å². The lowest BCUT2D eigenvalue weighted by Gasteiger charge is -2.21. The van der Waals surface area contributed by atoms with Crippen molar-refractivity contribution in [1.29, 1.82) is 0 Å². The molecule has 38 heavy (non-hydrogen) atoms. The number of nitrogens with two attached hydrogens (primary N) is 1. The second-order valence-electron chi connectivity index (χ2n) is 8.82. The Balaban J connectivity index is 1.48. The van der Waals surface area contributed by atoms with Gasteiger partial charge in [0.2, 0.25) is 0 Å². The third-order valence-corrected chi connectivity index (χ3v) is 6.84. The summed E-state index contributed by atoms with van der Waals surface area (Å²) < 4.78 is 19.9. The van der Waals surface area contributed by atoms with Crippen molar-refractivity contribution >= 4 is 34.9 Å². The molecule has 0 spiro atoms. The Labute approximate surface area is 230 Å². The number of ether oxygens (including phenoxy) is 1. The molecular formula is C29H26Cl2FN3O3. The number of aliphatic hydroxyl groups excluding tert-OH is 1. The number of anilines is 1. The van der Waals surface area contributed by atoms with E-state index in [0.717, 1.165) is 11.1 Å². The van der Waals surface area contributed by atoms with Crippen molar-refractivity contribution in [2.75, 3.05) is 5.73 Å². The van der Waals surface area contributed by atoms with Gasteiger partial charge >= 0.3 is 0 Å². The molecule has 0 bridgehead atoms. The van der Waals surface area contributed by atoms with Crippen molar-refractivity contribution in [3.8, 4) is 16.9 Å². The third-order valence-electron chi connectivity index (χ3n) is 6.13. The molecular weight excluding hydrogens is 528 g/mol. The van der Waals surface area contributed by atoms with E-state index in [1.165, 1.54) is 12.1 Å². The first-order valence-electron chi connectivity index (χ1n) is 11.9. The largest absolute Gasteiger partial charge is 0.482 e. The van der Waals surface area contributed by atoms with Crippen LogP contribution in [0.5, 0.6) is 5.75 Å². The number of carbonyl (C=O) groups excluding carboxylic acids is 1. The molecule has 0 aliphatic heterocycles. The van der Waals surface area contributed by atoms with Gasteiger partial charge < -0.3 is 20.9 Å². The number of nitrogens with one attached hydrogen (secondary N) is 1. The van der Waals surface area contributed by atoms with E-state index in [1.54, 1.807) is 50.4 Å². The van der Waals surface area contributed by atoms with Crippen molar-refractivity contribution in [2.45, 2.75) is 32.1 Å². The zero-order valence-electron chi connectivity index (χ0n) is 20.7. The molecule has 4 aromatic rings. The first-order valence-corrected chi connectivity index (χ1v) is 12.6. The fraction of sp³-hybridized carbons (Fsp3) is 0.172. The Kier molecular flexibility index (Phi) is 8.52. The van der Waals surface area contributed by atoms with Crippen molar-refractivity contribution < 1.29 is 19.0 Å². The molecule has 0 saturated carbocycles. The van der Waals surface area contributed by atoms with Gasteiger partial charge in [-0.25, -0.2) is 9.37 Å². The fourth-order valence-corrected chi connectivity index (χ4v) is 4.67. The summed E-state index contributed by atoms with van der Waals surface area (Å²) >= 11 is 12.3. The molecule has 3 aromatic carbocycles. The highest BCUT2D eigenvalue weighted by Crippen LogP contribution is 2.37. The second-order valence-corrected chi connectivity index (χ2v) is 9.60. The summed E-state index contributed by atoms with van der Waals surface area (Å²) in [6.07, 6.45) is 0.0464. The van der Waals surface area contributed by atoms with Crippen molar-refractivity contribution in [3.63, 3.8) is 0 Å². The number of aromatic nitrogens is 1. The van der Waals surface area contributed by atoms with E-state index in [2.05, 4.69) is 10.3 Å². The highest BCUT2D eigenvalue weighted by atomic mass is 35.5. The quantitative estimate of drug-likeness (QED) is 0.209. The number of carbonyl (C=O) groups is 1. The first kappa shape index (κ1) is 27.4. The van der Waals surface area contributed by atoms with Gasteiger partial charge in [0.1, 0.15) is 11.9 Å². The average Bonchev–Trinajstić information content (AvgIpc) is 2.92. The minimum absolute atomic E-state index is 0.118. The summed E-state index contributed by atoms with van der Waals surface area (Å²) in [5.41, 5.74) is 8.95. The van der Waals surface area contributed by atoms with Crippen LogP contribution in [0, 0.1) is 5.82 Å². The Morgan fingerprint density at radius 2 is 1.71 bits per heavy atom. The van der Waals surface area contributed by atoms with Gasteiger partial charge in [0.25, 0.3) is 5.91 Å². The maximum Gasteiger partial charge on any atom is 0.251 e. The highest BCUT2D eigenvalue weighted by Gasteiger charge is 2.21. The molecule has 9 heteroatoms. The predicted octanol–water partition coefficient (Wildman–Crippen LogP) is 6.77. The van der Waals surface area contributed by atoms with Crippen LogP contribution in [0.2, 0.25) is 10.0 Å². The van der Waals surface area contributed by atoms with Crippen LogP contribution in [0.25, 0.3) is 11.1 Å². The highest BCUT2D eigenvalue weighted by molar-refractivity contribution is 6.36. The van der Waals surface area contributed by atoms with E-state index < -0.39 is 24.1 Å². The van der Waals surface area contributed by atoms with Gasteiger partial charge in [-0.1, -0.05) is 65.7 Å². The lowest BCUT2D eigenvalue weighted by atomic mass is 10.0. The Morgan fingerprint density at radius 3 is 2.39 bits per heavy atom. The zero-order valence-corrected chi connectivity index (χ0v) is 22.2. The zero-order chi connectivity index (χ0) is 27.4. The van der Waals surface area contributed by atoms with Gasteiger partial charge in [0.05, 0.1) is 17.2 Å². The molecule has 4 N–H and O–H groups in total. The molecule has 0 aliphatic carbocycles. The number of amides is 1. The van der Waals surface area contributed by atoms with E-state index in [-0.39, 0.29) is 27.5 Å². The number of hydrogen-bond donors (Lipinski definition) is 3. The number of hydrogen-bond acceptors (Lipinski definition) is 5. The summed E-state index contributed by atoms with van der Waals surface area (Å²) in [6, 6.07) is 19.9. The van der Waals surface area contributed by atoms with E-state index in [1.807, 2.05) is 30.3 Å². The molecule has 1 amide bonds. The second kappa shape index (κ2) is 11.8. The Hall–Kier alpha value is -3.65. The molecule has 6 nitrogen and oxygen atoms in total. The number of nitrogen functional groups attached to an aromatic ring is 1. The van der Waals surface area contributed by atoms with Crippen LogP contribution < -0.4 is 15.8 Å². The topological polar surface area (TPSA) is 97.5 Å². The average molecular weight is 554 g/mol. The van der Waals surface area contributed by atoms with Crippen LogP contribution in [0.3, 0.4) is 0 Å². The number of aliphatic hydroxyl groups is 1. The van der Waals surface area contributed by atoms with Crippen molar-refractivity contribution in [3.05, 3.63) is 112 Å². The van der Waals surface area contributed by atoms with Crippen LogP contribution in [0.4, 0.5) is 10.2 Å². The van der Waals surface area contributed by atoms with Gasteiger partial charge in [-0.2, -0.15) is 0 Å². The van der Waals surface area contributed by atoms with Crippen LogP contribution in [0.1, 0.15) is 47.5 Å². The van der Waals surface area contributed by atoms with Gasteiger partial charge in [-0.15, -0.1) is 0 Å². The van der Waals surface area contributed by atoms with E-state index >= 15 is 0 Å². The molecule has 0 radical (unpaired) electrons. The number of halogens is 3. The molecule has 4 rings (SSSR count). The summed E-state index contributed by atoms with van der Waals surface area (Å²) in [4.78, 5) is 17.0. The molecule has 0 aliphatic rings. The standard InChI is InChI=1S/C29H26Cl2FN3O3/c1-16(27(36)19-6-4-3-5-7-19)35-29(37)20-10-8-18(9-11-20)21-14-24(28(33)34-15-21)38-17(2)25-22(30)12-13-23(32)26(25)31/h3-17,27,36H,1-2H3,(H2,33,34)(H,35,37). The predicted molar refractivity (Wildman–Crippen MR) is 148 cm³/mol. The van der Waals surface area contributed by atoms with Crippen LogP contribution in [-0.4, -0.2) is 22.0 Å². The lowest BCUT2D eigenvalue weighted by Crippen LogP contribution is -2.37. The summed E-state index contributed by atoms with van der Waals surface area (Å²) in [7, 11) is 0. The number of pyridine rings is 1. The SMILES string of the molecule is CC(Oc1cc(-c2ccc(C(=O)NC(C)C(O)c3ccccc3)cc2)cnc1N)c1c(Cl)ccc(F)c1Cl. The molecule has 1 heterocycles. The number of rotatable bonds is 8. The number of benzene rings is 3. The number of nitrogens with zero attached hydrogens (tertiary/aromatic N) is 1. The molecule has 0 saturated heterocycles. The van der Waals surface area contributed by atoms with Crippen molar-refractivity contribution in [1.82, 2.24) is 10.3 Å². The molecule has 1 aromatic heterocycles. The minimum Gasteiger partial charge on any atom is -0.482 e. The Bertz CT molecular complexity index is 1440. The van der Waals surface area contributed by atoms with E-state index in [9.17, 15) is 14.3 Å². The molecule has 3 atom stereocenters. The normalized spacial score (nSPS) is 13.4. The molecule has 3 unspecified atom stereocenters. The van der Waals surface area contributed by atoms with Crippen LogP contribution >= 0.6 is 23.2 Å². The fourth-order valence-electron chi connectivity index (χ4n) is 3.99. The molecule has 0 fully saturated rings. The maximum atomic E-state index is 14.0. The Morgan fingerprint density at radius 1 is 1.03 bits per heavy atom.